The first-order valence-electron chi connectivity index (χ1n) is 6.43. The van der Waals surface area contributed by atoms with E-state index in [1.54, 1.807) is 17.7 Å². The Morgan fingerprint density at radius 3 is 2.79 bits per heavy atom. The van der Waals surface area contributed by atoms with Crippen LogP contribution >= 0.6 is 22.9 Å². The molecular formula is C14H20ClN3S. The van der Waals surface area contributed by atoms with E-state index in [1.165, 1.54) is 5.56 Å². The number of halogens is 1. The molecule has 2 heterocycles. The quantitative estimate of drug-likeness (QED) is 0.847. The van der Waals surface area contributed by atoms with E-state index < -0.39 is 0 Å². The van der Waals surface area contributed by atoms with Crippen molar-refractivity contribution in [2.45, 2.75) is 39.5 Å². The Kier molecular flexibility index (Phi) is 4.31. The summed E-state index contributed by atoms with van der Waals surface area (Å²) in [4.78, 5) is 8.63. The molecule has 0 aromatic carbocycles. The Morgan fingerprint density at radius 2 is 2.11 bits per heavy atom. The Hall–Kier alpha value is -0.870. The van der Waals surface area contributed by atoms with Crippen LogP contribution in [0.5, 0.6) is 0 Å². The summed E-state index contributed by atoms with van der Waals surface area (Å²) in [6, 6.07) is 0. The van der Waals surface area contributed by atoms with Gasteiger partial charge >= 0.3 is 0 Å². The SMILES string of the molecule is Cc1csc2c(NCC(Cl)CC(C)(C)C)ncnc12. The molecule has 5 heteroatoms. The van der Waals surface area contributed by atoms with Crippen LogP contribution in [-0.2, 0) is 0 Å². The maximum atomic E-state index is 6.37. The van der Waals surface area contributed by atoms with Gasteiger partial charge in [0.15, 0.2) is 0 Å². The number of hydrogen-bond acceptors (Lipinski definition) is 4. The first-order valence-corrected chi connectivity index (χ1v) is 7.75. The molecule has 0 bridgehead atoms. The smallest absolute Gasteiger partial charge is 0.147 e. The second-order valence-electron chi connectivity index (χ2n) is 6.06. The molecule has 2 aromatic rings. The third kappa shape index (κ3) is 3.80. The Balaban J connectivity index is 2.06. The van der Waals surface area contributed by atoms with E-state index >= 15 is 0 Å². The maximum Gasteiger partial charge on any atom is 0.147 e. The molecule has 0 spiro atoms. The highest BCUT2D eigenvalue weighted by Gasteiger charge is 2.17. The van der Waals surface area contributed by atoms with Gasteiger partial charge in [-0.25, -0.2) is 9.97 Å². The number of rotatable bonds is 4. The molecule has 19 heavy (non-hydrogen) atoms. The average Bonchev–Trinajstić information content (AvgIpc) is 2.67. The summed E-state index contributed by atoms with van der Waals surface area (Å²) in [6.45, 7) is 9.40. The molecular weight excluding hydrogens is 278 g/mol. The van der Waals surface area contributed by atoms with Crippen LogP contribution < -0.4 is 5.32 Å². The molecule has 0 saturated heterocycles. The molecule has 0 fully saturated rings. The number of thiophene rings is 1. The standard InChI is InChI=1S/C14H20ClN3S/c1-9-7-19-12-11(9)17-8-18-13(12)16-6-10(15)5-14(2,3)4/h7-8,10H,5-6H2,1-4H3,(H,16,17,18). The summed E-state index contributed by atoms with van der Waals surface area (Å²) >= 11 is 8.04. The van der Waals surface area contributed by atoms with Crippen LogP contribution in [-0.4, -0.2) is 21.9 Å². The number of nitrogens with one attached hydrogen (secondary N) is 1. The van der Waals surface area contributed by atoms with Crippen molar-refractivity contribution in [1.82, 2.24) is 9.97 Å². The minimum Gasteiger partial charge on any atom is -0.367 e. The van der Waals surface area contributed by atoms with Crippen molar-refractivity contribution in [3.63, 3.8) is 0 Å². The lowest BCUT2D eigenvalue weighted by atomic mass is 9.90. The highest BCUT2D eigenvalue weighted by molar-refractivity contribution is 7.18. The first-order chi connectivity index (χ1) is 8.87. The number of alkyl halides is 1. The van der Waals surface area contributed by atoms with E-state index in [2.05, 4.69) is 48.4 Å². The average molecular weight is 298 g/mol. The highest BCUT2D eigenvalue weighted by Crippen LogP contribution is 2.29. The molecule has 1 N–H and O–H groups in total. The topological polar surface area (TPSA) is 37.8 Å². The van der Waals surface area contributed by atoms with Crippen molar-refractivity contribution in [2.24, 2.45) is 5.41 Å². The van der Waals surface area contributed by atoms with Crippen molar-refractivity contribution in [3.8, 4) is 0 Å². The monoisotopic (exact) mass is 297 g/mol. The molecule has 0 aliphatic heterocycles. The fourth-order valence-corrected chi connectivity index (χ4v) is 3.55. The largest absolute Gasteiger partial charge is 0.367 e. The van der Waals surface area contributed by atoms with E-state index in [9.17, 15) is 0 Å². The zero-order valence-corrected chi connectivity index (χ0v) is 13.4. The van der Waals surface area contributed by atoms with Gasteiger partial charge < -0.3 is 5.32 Å². The predicted molar refractivity (Wildman–Crippen MR) is 84.4 cm³/mol. The lowest BCUT2D eigenvalue weighted by Crippen LogP contribution is -2.21. The Morgan fingerprint density at radius 1 is 1.37 bits per heavy atom. The number of aryl methyl sites for hydroxylation is 1. The van der Waals surface area contributed by atoms with Crippen LogP contribution in [0.3, 0.4) is 0 Å². The van der Waals surface area contributed by atoms with Gasteiger partial charge in [-0.3, -0.25) is 0 Å². The van der Waals surface area contributed by atoms with Gasteiger partial charge in [-0.15, -0.1) is 22.9 Å². The summed E-state index contributed by atoms with van der Waals surface area (Å²) in [5.41, 5.74) is 2.47. The maximum absolute atomic E-state index is 6.37. The van der Waals surface area contributed by atoms with Crippen molar-refractivity contribution in [2.75, 3.05) is 11.9 Å². The summed E-state index contributed by atoms with van der Waals surface area (Å²) in [6.07, 6.45) is 2.58. The van der Waals surface area contributed by atoms with Crippen LogP contribution in [0.4, 0.5) is 5.82 Å². The third-order valence-corrected chi connectivity index (χ3v) is 4.26. The molecule has 0 aliphatic rings. The predicted octanol–water partition coefficient (Wildman–Crippen LogP) is 4.46. The Bertz CT molecular complexity index is 559. The van der Waals surface area contributed by atoms with E-state index in [1.807, 2.05) is 0 Å². The van der Waals surface area contributed by atoms with Gasteiger partial charge in [0, 0.05) is 6.54 Å². The van der Waals surface area contributed by atoms with E-state index in [4.69, 9.17) is 11.6 Å². The minimum atomic E-state index is 0.103. The van der Waals surface area contributed by atoms with Crippen molar-refractivity contribution in [1.29, 1.82) is 0 Å². The van der Waals surface area contributed by atoms with Crippen LogP contribution in [0.15, 0.2) is 11.7 Å². The van der Waals surface area contributed by atoms with Gasteiger partial charge in [-0.1, -0.05) is 20.8 Å². The van der Waals surface area contributed by atoms with Crippen LogP contribution in [0.2, 0.25) is 0 Å². The normalized spacial score (nSPS) is 13.7. The van der Waals surface area contributed by atoms with Gasteiger partial charge in [0.1, 0.15) is 12.1 Å². The van der Waals surface area contributed by atoms with Gasteiger partial charge in [0.25, 0.3) is 0 Å². The summed E-state index contributed by atoms with van der Waals surface area (Å²) in [5.74, 6) is 0.891. The minimum absolute atomic E-state index is 0.103. The Labute approximate surface area is 123 Å². The number of hydrogen-bond donors (Lipinski definition) is 1. The fraction of sp³-hybridized carbons (Fsp3) is 0.571. The summed E-state index contributed by atoms with van der Waals surface area (Å²) < 4.78 is 1.11. The van der Waals surface area contributed by atoms with Gasteiger partial charge in [-0.2, -0.15) is 0 Å². The summed E-state index contributed by atoms with van der Waals surface area (Å²) in [7, 11) is 0. The van der Waals surface area contributed by atoms with Crippen molar-refractivity contribution >= 4 is 39.0 Å². The van der Waals surface area contributed by atoms with Crippen molar-refractivity contribution < 1.29 is 0 Å². The number of aromatic nitrogens is 2. The number of nitrogens with zero attached hydrogens (tertiary/aromatic N) is 2. The lowest BCUT2D eigenvalue weighted by Gasteiger charge is -2.22. The summed E-state index contributed by atoms with van der Waals surface area (Å²) in [5, 5.41) is 5.56. The zero-order chi connectivity index (χ0) is 14.0. The van der Waals surface area contributed by atoms with E-state index in [0.717, 1.165) is 29.0 Å². The molecule has 1 atom stereocenters. The molecule has 0 amide bonds. The third-order valence-electron chi connectivity index (χ3n) is 2.86. The van der Waals surface area contributed by atoms with Gasteiger partial charge in [-0.05, 0) is 29.7 Å². The molecule has 3 nitrogen and oxygen atoms in total. The number of anilines is 1. The van der Waals surface area contributed by atoms with Gasteiger partial charge in [0.2, 0.25) is 0 Å². The molecule has 2 aromatic heterocycles. The zero-order valence-electron chi connectivity index (χ0n) is 11.8. The first kappa shape index (κ1) is 14.5. The van der Waals surface area contributed by atoms with Crippen LogP contribution in [0, 0.1) is 12.3 Å². The van der Waals surface area contributed by atoms with E-state index in [0.29, 0.717) is 0 Å². The van der Waals surface area contributed by atoms with Crippen molar-refractivity contribution in [3.05, 3.63) is 17.3 Å². The molecule has 0 saturated carbocycles. The molecule has 0 aliphatic carbocycles. The molecule has 2 rings (SSSR count). The molecule has 0 radical (unpaired) electrons. The fourth-order valence-electron chi connectivity index (χ4n) is 2.04. The van der Waals surface area contributed by atoms with Crippen LogP contribution in [0.25, 0.3) is 10.2 Å². The number of fused-ring (bicyclic) bond motifs is 1. The second kappa shape index (κ2) is 5.63. The molecule has 104 valence electrons. The van der Waals surface area contributed by atoms with Gasteiger partial charge in [0.05, 0.1) is 15.6 Å². The second-order valence-corrected chi connectivity index (χ2v) is 7.56. The lowest BCUT2D eigenvalue weighted by molar-refractivity contribution is 0.373. The van der Waals surface area contributed by atoms with E-state index in [-0.39, 0.29) is 10.8 Å². The highest BCUT2D eigenvalue weighted by atomic mass is 35.5. The molecule has 1 unspecified atom stereocenters. The van der Waals surface area contributed by atoms with Crippen LogP contribution in [0.1, 0.15) is 32.8 Å².